The van der Waals surface area contributed by atoms with Gasteiger partial charge in [0.05, 0.1) is 4.88 Å². The summed E-state index contributed by atoms with van der Waals surface area (Å²) in [5, 5.41) is 1.92. The van der Waals surface area contributed by atoms with Gasteiger partial charge in [-0.1, -0.05) is 0 Å². The number of hydrogen-bond donors (Lipinski definition) is 1. The highest BCUT2D eigenvalue weighted by molar-refractivity contribution is 9.10. The largest absolute Gasteiger partial charge is 0.327 e. The van der Waals surface area contributed by atoms with Gasteiger partial charge < -0.3 is 5.73 Å². The van der Waals surface area contributed by atoms with E-state index in [0.29, 0.717) is 12.3 Å². The molecule has 0 aromatic carbocycles. The Kier molecular flexibility index (Phi) is 3.04. The number of thiophene rings is 1. The van der Waals surface area contributed by atoms with Crippen LogP contribution in [-0.4, -0.2) is 11.8 Å². The quantitative estimate of drug-likeness (QED) is 0.858. The van der Waals surface area contributed by atoms with Crippen LogP contribution < -0.4 is 5.73 Å². The van der Waals surface area contributed by atoms with Crippen molar-refractivity contribution in [3.05, 3.63) is 20.8 Å². The van der Waals surface area contributed by atoms with E-state index in [0.717, 1.165) is 9.35 Å². The molecule has 1 saturated carbocycles. The van der Waals surface area contributed by atoms with Crippen molar-refractivity contribution in [3.8, 4) is 0 Å². The van der Waals surface area contributed by atoms with Gasteiger partial charge in [0, 0.05) is 16.9 Å². The summed E-state index contributed by atoms with van der Waals surface area (Å²) in [6, 6.07) is 1.97. The van der Waals surface area contributed by atoms with Crippen molar-refractivity contribution < 1.29 is 4.79 Å². The number of Topliss-reactive ketones (excluding diaryl/α,β-unsaturated/α-hetero) is 1. The third kappa shape index (κ3) is 2.24. The second-order valence-electron chi connectivity index (χ2n) is 3.73. The van der Waals surface area contributed by atoms with E-state index in [2.05, 4.69) is 15.9 Å². The summed E-state index contributed by atoms with van der Waals surface area (Å²) in [7, 11) is 0. The zero-order chi connectivity index (χ0) is 10.1. The van der Waals surface area contributed by atoms with Crippen molar-refractivity contribution in [2.24, 2.45) is 11.7 Å². The minimum absolute atomic E-state index is 0.0662. The molecule has 1 unspecified atom stereocenters. The summed E-state index contributed by atoms with van der Waals surface area (Å²) in [4.78, 5) is 12.6. The van der Waals surface area contributed by atoms with Crippen molar-refractivity contribution in [3.63, 3.8) is 0 Å². The van der Waals surface area contributed by atoms with Crippen LogP contribution in [0.4, 0.5) is 0 Å². The predicted molar refractivity (Wildman–Crippen MR) is 61.7 cm³/mol. The van der Waals surface area contributed by atoms with Gasteiger partial charge in [0.15, 0.2) is 5.78 Å². The fourth-order valence-electron chi connectivity index (χ4n) is 1.49. The zero-order valence-corrected chi connectivity index (χ0v) is 10.1. The third-order valence-electron chi connectivity index (χ3n) is 2.52. The number of hydrogen-bond acceptors (Lipinski definition) is 3. The molecule has 0 aliphatic heterocycles. The lowest BCUT2D eigenvalue weighted by Gasteiger charge is -2.07. The average molecular weight is 274 g/mol. The van der Waals surface area contributed by atoms with E-state index in [1.54, 1.807) is 0 Å². The van der Waals surface area contributed by atoms with Crippen LogP contribution >= 0.6 is 27.3 Å². The van der Waals surface area contributed by atoms with Gasteiger partial charge in [-0.05, 0) is 46.1 Å². The van der Waals surface area contributed by atoms with E-state index in [1.165, 1.54) is 24.2 Å². The highest BCUT2D eigenvalue weighted by Gasteiger charge is 2.30. The normalized spacial score (nSPS) is 18.1. The van der Waals surface area contributed by atoms with E-state index in [9.17, 15) is 4.79 Å². The molecule has 1 aliphatic rings. The maximum atomic E-state index is 11.8. The van der Waals surface area contributed by atoms with Crippen LogP contribution in [0.25, 0.3) is 0 Å². The first kappa shape index (κ1) is 10.3. The van der Waals surface area contributed by atoms with Crippen molar-refractivity contribution in [1.29, 1.82) is 0 Å². The standard InChI is InChI=1S/C10H12BrNOS/c11-7-3-4-14-10(7)9(13)5-8(12)6-1-2-6/h3-4,6,8H,1-2,5,12H2. The highest BCUT2D eigenvalue weighted by atomic mass is 79.9. The van der Waals surface area contributed by atoms with E-state index in [-0.39, 0.29) is 11.8 Å². The molecule has 1 fully saturated rings. The van der Waals surface area contributed by atoms with Gasteiger partial charge in [-0.25, -0.2) is 0 Å². The molecular formula is C10H12BrNOS. The van der Waals surface area contributed by atoms with Crippen LogP contribution in [0.1, 0.15) is 28.9 Å². The van der Waals surface area contributed by atoms with Crippen LogP contribution in [0.15, 0.2) is 15.9 Å². The zero-order valence-electron chi connectivity index (χ0n) is 7.70. The first-order chi connectivity index (χ1) is 6.68. The first-order valence-corrected chi connectivity index (χ1v) is 6.37. The lowest BCUT2D eigenvalue weighted by molar-refractivity contribution is 0.0975. The fourth-order valence-corrected chi connectivity index (χ4v) is 3.03. The molecule has 0 bridgehead atoms. The van der Waals surface area contributed by atoms with E-state index in [4.69, 9.17) is 5.73 Å². The van der Waals surface area contributed by atoms with Crippen molar-refractivity contribution in [1.82, 2.24) is 0 Å². The van der Waals surface area contributed by atoms with E-state index in [1.807, 2.05) is 11.4 Å². The van der Waals surface area contributed by atoms with Crippen LogP contribution in [-0.2, 0) is 0 Å². The molecule has 1 atom stereocenters. The Morgan fingerprint density at radius 3 is 2.93 bits per heavy atom. The number of halogens is 1. The van der Waals surface area contributed by atoms with Gasteiger partial charge in [-0.2, -0.15) is 0 Å². The maximum Gasteiger partial charge on any atom is 0.175 e. The second-order valence-corrected chi connectivity index (χ2v) is 5.50. The summed E-state index contributed by atoms with van der Waals surface area (Å²) in [5.74, 6) is 0.768. The van der Waals surface area contributed by atoms with Gasteiger partial charge in [-0.3, -0.25) is 4.79 Å². The van der Waals surface area contributed by atoms with Gasteiger partial charge in [0.1, 0.15) is 0 Å². The Morgan fingerprint density at radius 1 is 1.71 bits per heavy atom. The van der Waals surface area contributed by atoms with Crippen molar-refractivity contribution >= 4 is 33.0 Å². The number of carbonyl (C=O) groups is 1. The summed E-state index contributed by atoms with van der Waals surface area (Å²) in [5.41, 5.74) is 5.90. The Hall–Kier alpha value is -0.190. The highest BCUT2D eigenvalue weighted by Crippen LogP contribution is 2.34. The van der Waals surface area contributed by atoms with Crippen LogP contribution in [0.2, 0.25) is 0 Å². The topological polar surface area (TPSA) is 43.1 Å². The van der Waals surface area contributed by atoms with E-state index >= 15 is 0 Å². The maximum absolute atomic E-state index is 11.8. The summed E-state index contributed by atoms with van der Waals surface area (Å²) in [6.07, 6.45) is 2.88. The first-order valence-electron chi connectivity index (χ1n) is 4.70. The second kappa shape index (κ2) is 4.13. The molecule has 0 saturated heterocycles. The molecule has 76 valence electrons. The summed E-state index contributed by atoms with van der Waals surface area (Å²) >= 11 is 4.84. The molecule has 1 aromatic heterocycles. The van der Waals surface area contributed by atoms with Crippen LogP contribution in [0.5, 0.6) is 0 Å². The van der Waals surface area contributed by atoms with Gasteiger partial charge >= 0.3 is 0 Å². The lowest BCUT2D eigenvalue weighted by Crippen LogP contribution is -2.25. The lowest BCUT2D eigenvalue weighted by atomic mass is 10.1. The number of nitrogens with two attached hydrogens (primary N) is 1. The van der Waals surface area contributed by atoms with E-state index < -0.39 is 0 Å². The molecule has 0 amide bonds. The Bertz CT molecular complexity index is 346. The molecule has 4 heteroatoms. The third-order valence-corrected chi connectivity index (χ3v) is 4.40. The number of ketones is 1. The number of carbonyl (C=O) groups excluding carboxylic acids is 1. The van der Waals surface area contributed by atoms with Gasteiger partial charge in [0.2, 0.25) is 0 Å². The molecule has 0 spiro atoms. The number of rotatable bonds is 4. The molecule has 2 N–H and O–H groups in total. The molecular weight excluding hydrogens is 262 g/mol. The SMILES string of the molecule is NC(CC(=O)c1sccc1Br)C1CC1. The molecule has 1 aliphatic carbocycles. The Morgan fingerprint density at radius 2 is 2.43 bits per heavy atom. The van der Waals surface area contributed by atoms with Crippen molar-refractivity contribution in [2.45, 2.75) is 25.3 Å². The monoisotopic (exact) mass is 273 g/mol. The summed E-state index contributed by atoms with van der Waals surface area (Å²) in [6.45, 7) is 0. The Labute approximate surface area is 95.6 Å². The average Bonchev–Trinajstić information content (AvgIpc) is 2.89. The van der Waals surface area contributed by atoms with Crippen LogP contribution in [0.3, 0.4) is 0 Å². The van der Waals surface area contributed by atoms with Crippen LogP contribution in [0, 0.1) is 5.92 Å². The molecule has 14 heavy (non-hydrogen) atoms. The molecule has 0 radical (unpaired) electrons. The molecule has 2 rings (SSSR count). The fraction of sp³-hybridized carbons (Fsp3) is 0.500. The summed E-state index contributed by atoms with van der Waals surface area (Å²) < 4.78 is 0.899. The Balaban J connectivity index is 1.98. The predicted octanol–water partition coefficient (Wildman–Crippen LogP) is 2.82. The smallest absolute Gasteiger partial charge is 0.175 e. The molecule has 1 aromatic rings. The minimum atomic E-state index is 0.0662. The van der Waals surface area contributed by atoms with Gasteiger partial charge in [-0.15, -0.1) is 11.3 Å². The molecule has 1 heterocycles. The minimum Gasteiger partial charge on any atom is -0.327 e. The van der Waals surface area contributed by atoms with Crippen molar-refractivity contribution in [2.75, 3.05) is 0 Å². The molecule has 2 nitrogen and oxygen atoms in total. The van der Waals surface area contributed by atoms with Gasteiger partial charge in [0.25, 0.3) is 0 Å².